The van der Waals surface area contributed by atoms with E-state index in [2.05, 4.69) is 0 Å². The molecule has 268 valence electrons. The highest BCUT2D eigenvalue weighted by atomic mass is 31.2. The lowest BCUT2D eigenvalue weighted by Gasteiger charge is -2.48. The average Bonchev–Trinajstić information content (AvgIpc) is 3.14. The minimum absolute atomic E-state index is 0.0548. The van der Waals surface area contributed by atoms with Crippen LogP contribution in [0.2, 0.25) is 0 Å². The van der Waals surface area contributed by atoms with Crippen molar-refractivity contribution in [2.24, 2.45) is 0 Å². The van der Waals surface area contributed by atoms with Crippen molar-refractivity contribution in [2.75, 3.05) is 19.8 Å². The van der Waals surface area contributed by atoms with E-state index in [1.807, 2.05) is 121 Å². The summed E-state index contributed by atoms with van der Waals surface area (Å²) in [5, 5.41) is 0. The highest BCUT2D eigenvalue weighted by Gasteiger charge is 2.66. The summed E-state index contributed by atoms with van der Waals surface area (Å²) in [6.45, 7) is 2.63. The van der Waals surface area contributed by atoms with Crippen molar-refractivity contribution in [1.29, 1.82) is 0 Å². The molecular weight excluding hydrogens is 665 g/mol. The summed E-state index contributed by atoms with van der Waals surface area (Å²) in [7, 11) is -5.09. The Bertz CT molecular complexity index is 1570. The van der Waals surface area contributed by atoms with E-state index < -0.39 is 43.8 Å². The lowest BCUT2D eigenvalue weighted by atomic mass is 9.93. The SMILES string of the molecule is CCOP(=O)(OCC)C(F)(F)[C@@H]1O[C@H](COCc2ccccc2)[C@@H](OCc2ccccc2)[C@H](OCc2ccccc2)[C@H]1OCc1ccccc1. The lowest BCUT2D eigenvalue weighted by molar-refractivity contribution is -0.299. The van der Waals surface area contributed by atoms with Gasteiger partial charge in [0, 0.05) is 0 Å². The van der Waals surface area contributed by atoms with Gasteiger partial charge >= 0.3 is 13.3 Å². The normalized spacial score (nSPS) is 21.2. The van der Waals surface area contributed by atoms with Crippen molar-refractivity contribution in [3.63, 3.8) is 0 Å². The third-order valence-corrected chi connectivity index (χ3v) is 10.4. The van der Waals surface area contributed by atoms with Gasteiger partial charge in [-0.25, -0.2) is 0 Å². The first-order valence-corrected chi connectivity index (χ1v) is 18.4. The molecule has 1 aliphatic heterocycles. The maximum absolute atomic E-state index is 16.9. The van der Waals surface area contributed by atoms with Crippen molar-refractivity contribution in [3.8, 4) is 0 Å². The molecule has 4 aromatic carbocycles. The van der Waals surface area contributed by atoms with Crippen LogP contribution >= 0.6 is 7.60 Å². The van der Waals surface area contributed by atoms with Gasteiger partial charge in [-0.05, 0) is 36.1 Å². The molecule has 50 heavy (non-hydrogen) atoms. The first-order valence-electron chi connectivity index (χ1n) is 16.8. The van der Waals surface area contributed by atoms with Crippen LogP contribution in [0.5, 0.6) is 0 Å². The van der Waals surface area contributed by atoms with Gasteiger partial charge in [-0.3, -0.25) is 4.57 Å². The fourth-order valence-electron chi connectivity index (χ4n) is 5.77. The van der Waals surface area contributed by atoms with E-state index in [9.17, 15) is 4.57 Å². The van der Waals surface area contributed by atoms with E-state index >= 15 is 8.78 Å². The fourth-order valence-corrected chi connectivity index (χ4v) is 7.39. The van der Waals surface area contributed by atoms with Crippen LogP contribution in [0.4, 0.5) is 8.78 Å². The summed E-state index contributed by atoms with van der Waals surface area (Å²) < 4.78 is 89.9. The zero-order valence-corrected chi connectivity index (χ0v) is 29.2. The van der Waals surface area contributed by atoms with E-state index in [-0.39, 0.29) is 46.2 Å². The van der Waals surface area contributed by atoms with Crippen molar-refractivity contribution in [2.45, 2.75) is 76.5 Å². The minimum Gasteiger partial charge on any atom is -0.374 e. The van der Waals surface area contributed by atoms with Crippen molar-refractivity contribution < 1.29 is 46.1 Å². The second-order valence-electron chi connectivity index (χ2n) is 11.8. The maximum Gasteiger partial charge on any atom is 0.402 e. The van der Waals surface area contributed by atoms with Gasteiger partial charge in [0.1, 0.15) is 24.4 Å². The van der Waals surface area contributed by atoms with E-state index in [1.54, 1.807) is 0 Å². The fraction of sp³-hybridized carbons (Fsp3) is 0.385. The third-order valence-electron chi connectivity index (χ3n) is 8.19. The van der Waals surface area contributed by atoms with E-state index in [0.29, 0.717) is 0 Å². The van der Waals surface area contributed by atoms with Crippen LogP contribution in [0.25, 0.3) is 0 Å². The average molecular weight is 711 g/mol. The summed E-state index contributed by atoms with van der Waals surface area (Å²) in [5.41, 5.74) is -0.840. The molecule has 1 aliphatic rings. The van der Waals surface area contributed by atoms with Crippen molar-refractivity contribution in [1.82, 2.24) is 0 Å². The topological polar surface area (TPSA) is 81.7 Å². The van der Waals surface area contributed by atoms with Gasteiger partial charge in [-0.1, -0.05) is 121 Å². The molecule has 0 radical (unpaired) electrons. The summed E-state index contributed by atoms with van der Waals surface area (Å²) >= 11 is 0. The second kappa shape index (κ2) is 18.8. The van der Waals surface area contributed by atoms with Crippen LogP contribution < -0.4 is 0 Å². The molecule has 5 rings (SSSR count). The third kappa shape index (κ3) is 9.93. The molecule has 0 aliphatic carbocycles. The first kappa shape index (κ1) is 37.9. The zero-order chi connectivity index (χ0) is 35.2. The van der Waals surface area contributed by atoms with Gasteiger partial charge in [0.15, 0.2) is 6.10 Å². The first-order chi connectivity index (χ1) is 24.3. The molecule has 0 bridgehead atoms. The predicted octanol–water partition coefficient (Wildman–Crippen LogP) is 8.59. The summed E-state index contributed by atoms with van der Waals surface area (Å²) in [6, 6.07) is 37.5. The van der Waals surface area contributed by atoms with Gasteiger partial charge in [-0.2, -0.15) is 8.78 Å². The van der Waals surface area contributed by atoms with E-state index in [0.717, 1.165) is 22.3 Å². The van der Waals surface area contributed by atoms with E-state index in [4.69, 9.17) is 32.7 Å². The maximum atomic E-state index is 16.9. The molecule has 1 fully saturated rings. The smallest absolute Gasteiger partial charge is 0.374 e. The minimum atomic E-state index is -5.09. The Morgan fingerprint density at radius 2 is 0.960 bits per heavy atom. The standard InChI is InChI=1S/C39H45F2O8P/c1-3-47-50(42,48-4-2)39(40,41)38-37(46-28-33-23-15-8-16-24-33)36(45-27-32-21-13-7-14-22-32)35(44-26-31-19-11-6-12-20-31)34(49-38)29-43-25-30-17-9-5-10-18-30/h5-24,34-38H,3-4,25-29H2,1-2H3/t34-,35-,36+,37-,38-/m1/s1. The molecule has 1 saturated heterocycles. The van der Waals surface area contributed by atoms with Gasteiger partial charge < -0.3 is 32.7 Å². The quantitative estimate of drug-likeness (QED) is 0.0896. The van der Waals surface area contributed by atoms with Gasteiger partial charge in [0.25, 0.3) is 0 Å². The number of benzene rings is 4. The van der Waals surface area contributed by atoms with Crippen LogP contribution in [-0.2, 0) is 63.7 Å². The second-order valence-corrected chi connectivity index (χ2v) is 13.9. The Balaban J connectivity index is 1.55. The molecule has 4 aromatic rings. The van der Waals surface area contributed by atoms with Crippen LogP contribution in [-0.4, -0.2) is 56.0 Å². The molecule has 0 saturated carbocycles. The predicted molar refractivity (Wildman–Crippen MR) is 186 cm³/mol. The number of alkyl halides is 2. The molecule has 1 heterocycles. The molecule has 0 amide bonds. The van der Waals surface area contributed by atoms with Gasteiger partial charge in [0.05, 0.1) is 46.2 Å². The molecule has 5 atom stereocenters. The molecule has 0 unspecified atom stereocenters. The van der Waals surface area contributed by atoms with Crippen LogP contribution in [0.3, 0.4) is 0 Å². The van der Waals surface area contributed by atoms with Crippen LogP contribution in [0.1, 0.15) is 36.1 Å². The van der Waals surface area contributed by atoms with Crippen molar-refractivity contribution in [3.05, 3.63) is 144 Å². The summed E-state index contributed by atoms with van der Waals surface area (Å²) in [6.07, 6.45) is -6.77. The Morgan fingerprint density at radius 1 is 0.580 bits per heavy atom. The molecule has 11 heteroatoms. The zero-order valence-electron chi connectivity index (χ0n) is 28.4. The summed E-state index contributed by atoms with van der Waals surface area (Å²) in [5.74, 6) is 0. The Kier molecular flexibility index (Phi) is 14.3. The molecular formula is C39H45F2O8P. The Hall–Kier alpha value is -3.31. The van der Waals surface area contributed by atoms with Crippen molar-refractivity contribution >= 4 is 7.60 Å². The number of halogens is 2. The Labute approximate surface area is 293 Å². The van der Waals surface area contributed by atoms with Gasteiger partial charge in [0.2, 0.25) is 0 Å². The largest absolute Gasteiger partial charge is 0.402 e. The van der Waals surface area contributed by atoms with Crippen LogP contribution in [0, 0.1) is 0 Å². The summed E-state index contributed by atoms with van der Waals surface area (Å²) in [4.78, 5) is 0. The van der Waals surface area contributed by atoms with Gasteiger partial charge in [-0.15, -0.1) is 0 Å². The molecule has 0 aromatic heterocycles. The lowest BCUT2D eigenvalue weighted by Crippen LogP contribution is -2.65. The van der Waals surface area contributed by atoms with Crippen LogP contribution in [0.15, 0.2) is 121 Å². The number of ether oxygens (including phenoxy) is 5. The number of rotatable bonds is 19. The Morgan fingerprint density at radius 3 is 1.38 bits per heavy atom. The molecule has 0 N–H and O–H groups in total. The molecule has 0 spiro atoms. The highest BCUT2D eigenvalue weighted by Crippen LogP contribution is 2.65. The monoisotopic (exact) mass is 710 g/mol. The highest BCUT2D eigenvalue weighted by molar-refractivity contribution is 7.55. The number of hydrogen-bond donors (Lipinski definition) is 0. The molecule has 8 nitrogen and oxygen atoms in total. The number of hydrogen-bond acceptors (Lipinski definition) is 8. The van der Waals surface area contributed by atoms with E-state index in [1.165, 1.54) is 13.8 Å².